The highest BCUT2D eigenvalue weighted by atomic mass is 16.5. The average Bonchev–Trinajstić information content (AvgIpc) is 4.04. The standard InChI is InChI=1S/C46H34N4O2/c1-51-32-18-19-33(42(28-32)52-2)46-40-26-24-38(49-40)44(30-14-8-4-9-15-30)36-22-20-34(47-36)43(29-12-6-3-7-13-29)35-21-23-37(48-35)45(31-16-10-5-11-17-31)39-25-27-41(46)50-39/h3-28,47,50H,1-2H3. The van der Waals surface area contributed by atoms with Crippen LogP contribution in [-0.2, 0) is 0 Å². The van der Waals surface area contributed by atoms with E-state index in [1.807, 2.05) is 36.4 Å². The van der Waals surface area contributed by atoms with Crippen molar-refractivity contribution in [1.82, 2.24) is 19.9 Å². The number of ether oxygens (including phenoxy) is 2. The lowest BCUT2D eigenvalue weighted by atomic mass is 10.0. The van der Waals surface area contributed by atoms with E-state index in [1.165, 1.54) is 0 Å². The van der Waals surface area contributed by atoms with Gasteiger partial charge in [0.2, 0.25) is 0 Å². The molecule has 8 bridgehead atoms. The topological polar surface area (TPSA) is 75.8 Å². The first kappa shape index (κ1) is 31.1. The van der Waals surface area contributed by atoms with E-state index in [0.717, 1.165) is 89.4 Å². The molecule has 0 atom stereocenters. The van der Waals surface area contributed by atoms with Crippen molar-refractivity contribution in [3.8, 4) is 56.0 Å². The molecule has 0 unspecified atom stereocenters. The molecule has 7 aromatic rings. The zero-order valence-electron chi connectivity index (χ0n) is 28.7. The van der Waals surface area contributed by atoms with Crippen LogP contribution in [0.1, 0.15) is 22.8 Å². The van der Waals surface area contributed by atoms with Gasteiger partial charge < -0.3 is 19.4 Å². The number of aromatic nitrogens is 4. The molecule has 0 amide bonds. The minimum absolute atomic E-state index is 0.685. The van der Waals surface area contributed by atoms with Gasteiger partial charge >= 0.3 is 0 Å². The number of benzene rings is 4. The van der Waals surface area contributed by atoms with Gasteiger partial charge in [0.05, 0.1) is 37.0 Å². The summed E-state index contributed by atoms with van der Waals surface area (Å²) in [6, 6.07) is 45.7. The van der Waals surface area contributed by atoms with Crippen LogP contribution in [0.5, 0.6) is 11.5 Å². The molecule has 250 valence electrons. The van der Waals surface area contributed by atoms with Crippen LogP contribution >= 0.6 is 0 Å². The van der Waals surface area contributed by atoms with Crippen LogP contribution in [0, 0.1) is 0 Å². The second-order valence-corrected chi connectivity index (χ2v) is 12.7. The summed E-state index contributed by atoms with van der Waals surface area (Å²) < 4.78 is 11.5. The van der Waals surface area contributed by atoms with Crippen molar-refractivity contribution in [1.29, 1.82) is 0 Å². The summed E-state index contributed by atoms with van der Waals surface area (Å²) in [7, 11) is 3.34. The summed E-state index contributed by atoms with van der Waals surface area (Å²) in [5, 5.41) is 0. The van der Waals surface area contributed by atoms with Crippen LogP contribution in [0.25, 0.3) is 90.9 Å². The fourth-order valence-corrected chi connectivity index (χ4v) is 7.22. The third kappa shape index (κ3) is 5.47. The molecule has 4 aromatic carbocycles. The molecule has 2 N–H and O–H groups in total. The predicted molar refractivity (Wildman–Crippen MR) is 214 cm³/mol. The number of nitrogens with zero attached hydrogens (tertiary/aromatic N) is 2. The van der Waals surface area contributed by atoms with Gasteiger partial charge in [-0.2, -0.15) is 0 Å². The van der Waals surface area contributed by atoms with E-state index < -0.39 is 0 Å². The quantitative estimate of drug-likeness (QED) is 0.184. The highest BCUT2D eigenvalue weighted by Gasteiger charge is 2.20. The van der Waals surface area contributed by atoms with Crippen LogP contribution in [0.3, 0.4) is 0 Å². The molecule has 5 heterocycles. The summed E-state index contributed by atoms with van der Waals surface area (Å²) in [5.74, 6) is 1.40. The molecule has 3 aromatic heterocycles. The molecular formula is C46H34N4O2. The largest absolute Gasteiger partial charge is 0.497 e. The number of nitrogens with one attached hydrogen (secondary N) is 2. The second kappa shape index (κ2) is 13.1. The number of fused-ring (bicyclic) bond motifs is 8. The lowest BCUT2D eigenvalue weighted by Crippen LogP contribution is -1.93. The Morgan fingerprint density at radius 2 is 0.788 bits per heavy atom. The van der Waals surface area contributed by atoms with E-state index >= 15 is 0 Å². The molecule has 9 rings (SSSR count). The SMILES string of the molecule is COc1ccc(-c2c3nc(c(-c4ccccc4)c4ccc([nH]4)c(-c4ccccc4)c4nc(c(-c5ccccc5)c5ccc2[nH]5)C=C4)C=C3)c(OC)c1. The molecule has 0 spiro atoms. The number of hydrogen-bond donors (Lipinski definition) is 2. The smallest absolute Gasteiger partial charge is 0.130 e. The van der Waals surface area contributed by atoms with Crippen LogP contribution in [0.4, 0.5) is 0 Å². The summed E-state index contributed by atoms with van der Waals surface area (Å²) in [4.78, 5) is 18.3. The van der Waals surface area contributed by atoms with Crippen molar-refractivity contribution in [3.05, 3.63) is 156 Å². The Hall–Kier alpha value is -6.92. The Labute approximate surface area is 301 Å². The molecule has 0 saturated carbocycles. The van der Waals surface area contributed by atoms with Crippen molar-refractivity contribution in [2.45, 2.75) is 0 Å². The lowest BCUT2D eigenvalue weighted by Gasteiger charge is -2.12. The van der Waals surface area contributed by atoms with Gasteiger partial charge in [-0.25, -0.2) is 9.97 Å². The molecule has 6 heteroatoms. The molecule has 52 heavy (non-hydrogen) atoms. The van der Waals surface area contributed by atoms with Crippen molar-refractivity contribution < 1.29 is 9.47 Å². The normalized spacial score (nSPS) is 11.9. The van der Waals surface area contributed by atoms with E-state index in [4.69, 9.17) is 19.4 Å². The maximum atomic E-state index is 5.97. The lowest BCUT2D eigenvalue weighted by molar-refractivity contribution is 0.395. The van der Waals surface area contributed by atoms with Gasteiger partial charge in [0.25, 0.3) is 0 Å². The van der Waals surface area contributed by atoms with Gasteiger partial charge in [0.1, 0.15) is 11.5 Å². The monoisotopic (exact) mass is 674 g/mol. The van der Waals surface area contributed by atoms with Crippen molar-refractivity contribution in [2.75, 3.05) is 14.2 Å². The summed E-state index contributed by atoms with van der Waals surface area (Å²) in [6.45, 7) is 0. The van der Waals surface area contributed by atoms with Gasteiger partial charge in [-0.3, -0.25) is 0 Å². The molecule has 0 fully saturated rings. The first-order valence-corrected chi connectivity index (χ1v) is 17.2. The molecule has 2 aliphatic heterocycles. The van der Waals surface area contributed by atoms with Gasteiger partial charge in [0.15, 0.2) is 0 Å². The van der Waals surface area contributed by atoms with E-state index in [0.29, 0.717) is 11.5 Å². The first-order valence-electron chi connectivity index (χ1n) is 17.2. The zero-order chi connectivity index (χ0) is 35.0. The average molecular weight is 675 g/mol. The fraction of sp³-hybridized carbons (Fsp3) is 0.0435. The molecule has 6 nitrogen and oxygen atoms in total. The van der Waals surface area contributed by atoms with E-state index in [9.17, 15) is 0 Å². The molecule has 0 saturated heterocycles. The Balaban J connectivity index is 1.48. The minimum Gasteiger partial charge on any atom is -0.497 e. The molecule has 2 aliphatic rings. The first-order chi connectivity index (χ1) is 25.7. The van der Waals surface area contributed by atoms with E-state index in [1.54, 1.807) is 14.2 Å². The number of H-pyrrole nitrogens is 2. The predicted octanol–water partition coefficient (Wildman–Crippen LogP) is 11.3. The van der Waals surface area contributed by atoms with Crippen molar-refractivity contribution >= 4 is 46.4 Å². The van der Waals surface area contributed by atoms with E-state index in [2.05, 4.69) is 131 Å². The summed E-state index contributed by atoms with van der Waals surface area (Å²) in [6.07, 6.45) is 8.43. The third-order valence-electron chi connectivity index (χ3n) is 9.62. The van der Waals surface area contributed by atoms with E-state index in [-0.39, 0.29) is 0 Å². The number of rotatable bonds is 6. The summed E-state index contributed by atoms with van der Waals surface area (Å²) >= 11 is 0. The maximum absolute atomic E-state index is 5.97. The molecule has 0 aliphatic carbocycles. The third-order valence-corrected chi connectivity index (χ3v) is 9.62. The Bertz CT molecular complexity index is 2650. The Morgan fingerprint density at radius 3 is 1.17 bits per heavy atom. The van der Waals surface area contributed by atoms with Crippen molar-refractivity contribution in [3.63, 3.8) is 0 Å². The highest BCUT2D eigenvalue weighted by molar-refractivity contribution is 6.00. The molecule has 0 radical (unpaired) electrons. The Morgan fingerprint density at radius 1 is 0.404 bits per heavy atom. The zero-order valence-corrected chi connectivity index (χ0v) is 28.7. The van der Waals surface area contributed by atoms with Crippen LogP contribution in [0.2, 0.25) is 0 Å². The van der Waals surface area contributed by atoms with Crippen LogP contribution in [0.15, 0.2) is 133 Å². The second-order valence-electron chi connectivity index (χ2n) is 12.7. The summed E-state index contributed by atoms with van der Waals surface area (Å²) in [5.41, 5.74) is 15.2. The minimum atomic E-state index is 0.685. The van der Waals surface area contributed by atoms with Gasteiger partial charge in [-0.1, -0.05) is 91.0 Å². The molecular weight excluding hydrogens is 641 g/mol. The fourth-order valence-electron chi connectivity index (χ4n) is 7.22. The van der Waals surface area contributed by atoms with Crippen LogP contribution in [-0.4, -0.2) is 34.2 Å². The maximum Gasteiger partial charge on any atom is 0.130 e. The van der Waals surface area contributed by atoms with Crippen LogP contribution < -0.4 is 9.47 Å². The van der Waals surface area contributed by atoms with Gasteiger partial charge in [0, 0.05) is 56.0 Å². The number of hydrogen-bond acceptors (Lipinski definition) is 4. The highest BCUT2D eigenvalue weighted by Crippen LogP contribution is 2.41. The Kier molecular flexibility index (Phi) is 7.82. The van der Waals surface area contributed by atoms with Gasteiger partial charge in [-0.05, 0) is 77.4 Å². The van der Waals surface area contributed by atoms with Gasteiger partial charge in [-0.15, -0.1) is 0 Å². The number of methoxy groups -OCH3 is 2. The van der Waals surface area contributed by atoms with Crippen molar-refractivity contribution in [2.24, 2.45) is 0 Å². The number of aromatic amines is 2.